The smallest absolute Gasteiger partial charge is 0.120 e. The van der Waals surface area contributed by atoms with Gasteiger partial charge in [-0.2, -0.15) is 5.26 Å². The van der Waals surface area contributed by atoms with Gasteiger partial charge in [0.25, 0.3) is 0 Å². The molecule has 1 aliphatic carbocycles. The molecule has 6 N–H and O–H groups in total. The molecule has 6 heteroatoms. The minimum absolute atomic E-state index is 0.00536. The van der Waals surface area contributed by atoms with Gasteiger partial charge in [0.1, 0.15) is 17.6 Å². The van der Waals surface area contributed by atoms with Gasteiger partial charge in [-0.3, -0.25) is 4.99 Å². The quantitative estimate of drug-likeness (QED) is 0.401. The van der Waals surface area contributed by atoms with E-state index in [9.17, 15) is 0 Å². The highest BCUT2D eigenvalue weighted by atomic mass is 15.1. The molecule has 18 heavy (non-hydrogen) atoms. The largest absolute Gasteiger partial charge is 0.390 e. The molecule has 0 saturated carbocycles. The maximum absolute atomic E-state index is 8.79. The number of nitrogens with zero attached hydrogens (tertiary/aromatic N) is 2. The topological polar surface area (TPSA) is 124 Å². The van der Waals surface area contributed by atoms with Crippen LogP contribution in [0.4, 0.5) is 0 Å². The van der Waals surface area contributed by atoms with Gasteiger partial charge in [0.05, 0.1) is 12.4 Å². The molecular formula is C12H12N6. The highest BCUT2D eigenvalue weighted by molar-refractivity contribution is 5.86. The summed E-state index contributed by atoms with van der Waals surface area (Å²) in [5.41, 5.74) is 13.3. The molecule has 2 rings (SSSR count). The van der Waals surface area contributed by atoms with Gasteiger partial charge in [-0.05, 0) is 11.6 Å². The molecule has 0 bridgehead atoms. The van der Waals surface area contributed by atoms with Gasteiger partial charge < -0.3 is 22.2 Å². The van der Waals surface area contributed by atoms with E-state index in [1.165, 1.54) is 0 Å². The third kappa shape index (κ3) is 1.89. The van der Waals surface area contributed by atoms with Crippen molar-refractivity contribution in [1.29, 1.82) is 10.7 Å². The molecule has 1 aliphatic heterocycles. The van der Waals surface area contributed by atoms with E-state index in [0.29, 0.717) is 17.0 Å². The third-order valence-electron chi connectivity index (χ3n) is 2.72. The second-order valence-electron chi connectivity index (χ2n) is 3.78. The van der Waals surface area contributed by atoms with Gasteiger partial charge >= 0.3 is 0 Å². The molecule has 1 unspecified atom stereocenters. The lowest BCUT2D eigenvalue weighted by Gasteiger charge is -2.22. The molecule has 0 saturated heterocycles. The average Bonchev–Trinajstić information content (AvgIpc) is 2.40. The third-order valence-corrected chi connectivity index (χ3v) is 2.72. The fourth-order valence-electron chi connectivity index (χ4n) is 1.78. The maximum atomic E-state index is 8.79. The van der Waals surface area contributed by atoms with Crippen LogP contribution in [0, 0.1) is 16.7 Å². The van der Waals surface area contributed by atoms with E-state index in [1.54, 1.807) is 18.5 Å². The van der Waals surface area contributed by atoms with Crippen molar-refractivity contribution >= 4 is 12.6 Å². The Balaban J connectivity index is 2.48. The zero-order valence-corrected chi connectivity index (χ0v) is 9.51. The number of nitriles is 1. The minimum atomic E-state index is -0.120. The van der Waals surface area contributed by atoms with Crippen LogP contribution in [0.2, 0.25) is 0 Å². The van der Waals surface area contributed by atoms with Crippen LogP contribution in [0.3, 0.4) is 0 Å². The molecule has 6 nitrogen and oxygen atoms in total. The number of aliphatic imine (C=N–C) groups is 1. The van der Waals surface area contributed by atoms with Crippen LogP contribution >= 0.6 is 0 Å². The molecule has 90 valence electrons. The molecule has 0 aromatic heterocycles. The van der Waals surface area contributed by atoms with Gasteiger partial charge in [-0.1, -0.05) is 12.2 Å². The van der Waals surface area contributed by atoms with Crippen LogP contribution < -0.4 is 16.8 Å². The number of allylic oxidation sites excluding steroid dienone is 4. The molecule has 0 amide bonds. The van der Waals surface area contributed by atoms with Crippen molar-refractivity contribution in [3.05, 3.63) is 46.5 Å². The first-order chi connectivity index (χ1) is 8.67. The zero-order chi connectivity index (χ0) is 13.1. The SMILES string of the molecule is N#CC(N)=C(C=N)C1=CC2=C(N)NC=NC2C=C1. The maximum Gasteiger partial charge on any atom is 0.120 e. The van der Waals surface area contributed by atoms with Crippen molar-refractivity contribution in [3.8, 4) is 6.07 Å². The molecule has 0 radical (unpaired) electrons. The first-order valence-electron chi connectivity index (χ1n) is 5.25. The molecule has 0 spiro atoms. The van der Waals surface area contributed by atoms with E-state index in [4.69, 9.17) is 22.1 Å². The van der Waals surface area contributed by atoms with Gasteiger partial charge in [0.15, 0.2) is 0 Å². The summed E-state index contributed by atoms with van der Waals surface area (Å²) in [6.45, 7) is 0. The molecule has 0 aromatic rings. The van der Waals surface area contributed by atoms with Crippen LogP contribution in [0.25, 0.3) is 0 Å². The monoisotopic (exact) mass is 240 g/mol. The lowest BCUT2D eigenvalue weighted by molar-refractivity contribution is 0.874. The Bertz CT molecular complexity index is 582. The number of nitrogens with one attached hydrogen (secondary N) is 2. The summed E-state index contributed by atoms with van der Waals surface area (Å²) in [4.78, 5) is 4.21. The summed E-state index contributed by atoms with van der Waals surface area (Å²) in [5.74, 6) is 0.511. The summed E-state index contributed by atoms with van der Waals surface area (Å²) in [5, 5.41) is 18.9. The molecule has 1 heterocycles. The zero-order valence-electron chi connectivity index (χ0n) is 9.51. The van der Waals surface area contributed by atoms with Gasteiger partial charge in [-0.25, -0.2) is 0 Å². The van der Waals surface area contributed by atoms with Crippen molar-refractivity contribution in [2.75, 3.05) is 0 Å². The number of hydrogen-bond donors (Lipinski definition) is 4. The van der Waals surface area contributed by atoms with Crippen molar-refractivity contribution in [2.45, 2.75) is 6.04 Å². The van der Waals surface area contributed by atoms with E-state index in [2.05, 4.69) is 10.3 Å². The van der Waals surface area contributed by atoms with Gasteiger partial charge in [0.2, 0.25) is 0 Å². The standard InChI is InChI=1S/C12H12N6/c13-4-9(10(15)5-14)7-1-2-11-8(3-7)12(16)18-6-17-11/h1-4,6,11,13H,15-16H2,(H,17,18). The van der Waals surface area contributed by atoms with Gasteiger partial charge in [-0.15, -0.1) is 0 Å². The van der Waals surface area contributed by atoms with Crippen LogP contribution in [-0.4, -0.2) is 18.6 Å². The first kappa shape index (κ1) is 11.7. The lowest BCUT2D eigenvalue weighted by atomic mass is 9.92. The van der Waals surface area contributed by atoms with Gasteiger partial charge in [0, 0.05) is 17.4 Å². The molecule has 0 fully saturated rings. The van der Waals surface area contributed by atoms with Crippen molar-refractivity contribution < 1.29 is 0 Å². The highest BCUT2D eigenvalue weighted by Gasteiger charge is 2.20. The van der Waals surface area contributed by atoms with Crippen molar-refractivity contribution in [2.24, 2.45) is 16.5 Å². The van der Waals surface area contributed by atoms with E-state index in [-0.39, 0.29) is 11.7 Å². The first-order valence-corrected chi connectivity index (χ1v) is 5.25. The van der Waals surface area contributed by atoms with Crippen LogP contribution in [0.15, 0.2) is 51.5 Å². The number of fused-ring (bicyclic) bond motifs is 1. The number of nitrogens with two attached hydrogens (primary N) is 2. The normalized spacial score (nSPS) is 22.4. The lowest BCUT2D eigenvalue weighted by Crippen LogP contribution is -2.29. The second kappa shape index (κ2) is 4.59. The predicted octanol–water partition coefficient (Wildman–Crippen LogP) is 0.0390. The highest BCUT2D eigenvalue weighted by Crippen LogP contribution is 2.25. The Kier molecular flexibility index (Phi) is 2.98. The Morgan fingerprint density at radius 1 is 1.61 bits per heavy atom. The molecule has 0 aromatic carbocycles. The Hall–Kier alpha value is -2.81. The molecule has 2 aliphatic rings. The molecular weight excluding hydrogens is 228 g/mol. The summed E-state index contributed by atoms with van der Waals surface area (Å²) < 4.78 is 0. The van der Waals surface area contributed by atoms with Crippen molar-refractivity contribution in [3.63, 3.8) is 0 Å². The average molecular weight is 240 g/mol. The molecule has 1 atom stereocenters. The van der Waals surface area contributed by atoms with Crippen LogP contribution in [0.5, 0.6) is 0 Å². The van der Waals surface area contributed by atoms with E-state index in [0.717, 1.165) is 11.8 Å². The summed E-state index contributed by atoms with van der Waals surface area (Å²) in [6, 6.07) is 1.72. The van der Waals surface area contributed by atoms with Crippen LogP contribution in [0.1, 0.15) is 0 Å². The Morgan fingerprint density at radius 3 is 3.06 bits per heavy atom. The number of rotatable bonds is 2. The number of hydrogen-bond acceptors (Lipinski definition) is 6. The fourth-order valence-corrected chi connectivity index (χ4v) is 1.78. The second-order valence-corrected chi connectivity index (χ2v) is 3.78. The summed E-state index contributed by atoms with van der Waals surface area (Å²) >= 11 is 0. The van der Waals surface area contributed by atoms with E-state index in [1.807, 2.05) is 12.1 Å². The predicted molar refractivity (Wildman–Crippen MR) is 69.5 cm³/mol. The minimum Gasteiger partial charge on any atom is -0.390 e. The Morgan fingerprint density at radius 2 is 2.39 bits per heavy atom. The van der Waals surface area contributed by atoms with E-state index >= 15 is 0 Å². The van der Waals surface area contributed by atoms with E-state index < -0.39 is 0 Å². The summed E-state index contributed by atoms with van der Waals surface area (Å²) in [6.07, 6.45) is 8.03. The fraction of sp³-hybridized carbons (Fsp3) is 0.0833. The van der Waals surface area contributed by atoms with Crippen LogP contribution in [-0.2, 0) is 0 Å². The summed E-state index contributed by atoms with van der Waals surface area (Å²) in [7, 11) is 0. The Labute approximate surface area is 104 Å². The van der Waals surface area contributed by atoms with Crippen molar-refractivity contribution in [1.82, 2.24) is 5.32 Å².